The zero-order valence-corrected chi connectivity index (χ0v) is 17.0. The second-order valence-electron chi connectivity index (χ2n) is 7.75. The van der Waals surface area contributed by atoms with Gasteiger partial charge < -0.3 is 14.4 Å². The molecule has 1 aromatic heterocycles. The van der Waals surface area contributed by atoms with Gasteiger partial charge in [-0.05, 0) is 51.1 Å². The van der Waals surface area contributed by atoms with E-state index < -0.39 is 18.1 Å². The zero-order valence-electron chi connectivity index (χ0n) is 17.0. The first-order valence-corrected chi connectivity index (χ1v) is 9.20. The fourth-order valence-electron chi connectivity index (χ4n) is 2.86. The van der Waals surface area contributed by atoms with Gasteiger partial charge in [-0.3, -0.25) is 0 Å². The number of halogens is 3. The molecule has 3 aromatic rings. The molecule has 0 spiro atoms. The van der Waals surface area contributed by atoms with Crippen LogP contribution in [-0.4, -0.2) is 39.8 Å². The van der Waals surface area contributed by atoms with Crippen molar-refractivity contribution in [3.8, 4) is 11.4 Å². The number of hydrogen-bond acceptors (Lipinski definition) is 4. The Balaban J connectivity index is 1.90. The summed E-state index contributed by atoms with van der Waals surface area (Å²) in [5.41, 5.74) is 1.34. The van der Waals surface area contributed by atoms with Gasteiger partial charge in [0.25, 0.3) is 0 Å². The zero-order chi connectivity index (χ0) is 22.1. The van der Waals surface area contributed by atoms with Crippen LogP contribution in [0.4, 0.5) is 18.0 Å². The summed E-state index contributed by atoms with van der Waals surface area (Å²) in [4.78, 5) is 13.7. The van der Waals surface area contributed by atoms with Crippen molar-refractivity contribution in [1.29, 1.82) is 0 Å². The number of para-hydroxylation sites is 1. The highest BCUT2D eigenvalue weighted by molar-refractivity contribution is 5.84. The first kappa shape index (κ1) is 21.5. The standard InChI is InChI=1S/C21H22F3N3O3/c1-20(2,3)30-19(28)26(4)13-17-16-7-5-6-8-18(16)27(25-17)14-9-11-15(12-10-14)29-21(22,23)24/h5-12H,13H2,1-4H3. The maximum Gasteiger partial charge on any atom is 0.573 e. The normalized spacial score (nSPS) is 12.1. The van der Waals surface area contributed by atoms with Gasteiger partial charge in [0.05, 0.1) is 23.4 Å². The van der Waals surface area contributed by atoms with Crippen LogP contribution in [0.5, 0.6) is 5.75 Å². The molecule has 0 saturated heterocycles. The predicted octanol–water partition coefficient (Wildman–Crippen LogP) is 5.29. The summed E-state index contributed by atoms with van der Waals surface area (Å²) in [6.45, 7) is 5.57. The molecular formula is C21H22F3N3O3. The number of aromatic nitrogens is 2. The van der Waals surface area contributed by atoms with Crippen molar-refractivity contribution in [3.05, 3.63) is 54.2 Å². The predicted molar refractivity (Wildman–Crippen MR) is 105 cm³/mol. The third-order valence-corrected chi connectivity index (χ3v) is 4.07. The lowest BCUT2D eigenvalue weighted by atomic mass is 10.2. The molecule has 0 unspecified atom stereocenters. The van der Waals surface area contributed by atoms with Gasteiger partial charge in [0.2, 0.25) is 0 Å². The van der Waals surface area contributed by atoms with Gasteiger partial charge in [-0.15, -0.1) is 13.2 Å². The van der Waals surface area contributed by atoms with Crippen molar-refractivity contribution in [2.45, 2.75) is 39.3 Å². The molecule has 3 rings (SSSR count). The van der Waals surface area contributed by atoms with Gasteiger partial charge in [0.15, 0.2) is 0 Å². The van der Waals surface area contributed by atoms with Crippen LogP contribution < -0.4 is 4.74 Å². The summed E-state index contributed by atoms with van der Waals surface area (Å²) in [5, 5.41) is 5.41. The maximum absolute atomic E-state index is 12.4. The Morgan fingerprint density at radius 1 is 1.07 bits per heavy atom. The van der Waals surface area contributed by atoms with E-state index in [-0.39, 0.29) is 12.3 Å². The third kappa shape index (κ3) is 5.22. The van der Waals surface area contributed by atoms with Gasteiger partial charge in [-0.25, -0.2) is 9.48 Å². The lowest BCUT2D eigenvalue weighted by molar-refractivity contribution is -0.274. The molecule has 0 fully saturated rings. The maximum atomic E-state index is 12.4. The number of rotatable bonds is 4. The Morgan fingerprint density at radius 3 is 2.30 bits per heavy atom. The second-order valence-corrected chi connectivity index (χ2v) is 7.75. The van der Waals surface area contributed by atoms with E-state index in [1.165, 1.54) is 29.2 Å². The van der Waals surface area contributed by atoms with Gasteiger partial charge in [-0.2, -0.15) is 5.10 Å². The van der Waals surface area contributed by atoms with Crippen LogP contribution in [0, 0.1) is 0 Å². The van der Waals surface area contributed by atoms with Crippen LogP contribution in [0.2, 0.25) is 0 Å². The Labute approximate surface area is 171 Å². The molecule has 160 valence electrons. The smallest absolute Gasteiger partial charge is 0.444 e. The summed E-state index contributed by atoms with van der Waals surface area (Å²) in [5.74, 6) is -0.312. The number of fused-ring (bicyclic) bond motifs is 1. The molecule has 0 radical (unpaired) electrons. The van der Waals surface area contributed by atoms with Crippen molar-refractivity contribution in [1.82, 2.24) is 14.7 Å². The van der Waals surface area contributed by atoms with Crippen molar-refractivity contribution in [3.63, 3.8) is 0 Å². The third-order valence-electron chi connectivity index (χ3n) is 4.07. The number of amides is 1. The Kier molecular flexibility index (Phi) is 5.65. The molecule has 0 bridgehead atoms. The number of ether oxygens (including phenoxy) is 2. The van der Waals surface area contributed by atoms with Crippen LogP contribution in [-0.2, 0) is 11.3 Å². The second kappa shape index (κ2) is 7.89. The number of carbonyl (C=O) groups excluding carboxylic acids is 1. The van der Waals surface area contributed by atoms with Gasteiger partial charge >= 0.3 is 12.5 Å². The lowest BCUT2D eigenvalue weighted by Crippen LogP contribution is -2.34. The summed E-state index contributed by atoms with van der Waals surface area (Å²) in [6, 6.07) is 12.8. The van der Waals surface area contributed by atoms with E-state index >= 15 is 0 Å². The van der Waals surface area contributed by atoms with E-state index in [1.54, 1.807) is 32.5 Å². The first-order valence-electron chi connectivity index (χ1n) is 9.20. The van der Waals surface area contributed by atoms with E-state index in [4.69, 9.17) is 4.74 Å². The van der Waals surface area contributed by atoms with Crippen LogP contribution >= 0.6 is 0 Å². The first-order chi connectivity index (χ1) is 13.9. The fourth-order valence-corrected chi connectivity index (χ4v) is 2.86. The van der Waals surface area contributed by atoms with E-state index in [2.05, 4.69) is 9.84 Å². The van der Waals surface area contributed by atoms with Gasteiger partial charge in [0, 0.05) is 12.4 Å². The molecular weight excluding hydrogens is 399 g/mol. The number of hydrogen-bond donors (Lipinski definition) is 0. The molecule has 6 nitrogen and oxygen atoms in total. The molecule has 30 heavy (non-hydrogen) atoms. The highest BCUT2D eigenvalue weighted by Gasteiger charge is 2.31. The molecule has 1 amide bonds. The molecule has 0 aliphatic heterocycles. The van der Waals surface area contributed by atoms with Crippen molar-refractivity contribution in [2.75, 3.05) is 7.05 Å². The molecule has 1 heterocycles. The van der Waals surface area contributed by atoms with E-state index in [0.717, 1.165) is 10.9 Å². The van der Waals surface area contributed by atoms with Gasteiger partial charge in [0.1, 0.15) is 11.4 Å². The largest absolute Gasteiger partial charge is 0.573 e. The highest BCUT2D eigenvalue weighted by atomic mass is 19.4. The lowest BCUT2D eigenvalue weighted by Gasteiger charge is -2.24. The molecule has 0 aliphatic carbocycles. The number of alkyl halides is 3. The minimum atomic E-state index is -4.75. The summed E-state index contributed by atoms with van der Waals surface area (Å²) < 4.78 is 48.1. The molecule has 0 saturated carbocycles. The van der Waals surface area contributed by atoms with Crippen molar-refractivity contribution >= 4 is 17.0 Å². The fraction of sp³-hybridized carbons (Fsp3) is 0.333. The highest BCUT2D eigenvalue weighted by Crippen LogP contribution is 2.27. The Morgan fingerprint density at radius 2 is 1.70 bits per heavy atom. The molecule has 0 atom stereocenters. The Bertz CT molecular complexity index is 1040. The minimum Gasteiger partial charge on any atom is -0.444 e. The van der Waals surface area contributed by atoms with Crippen LogP contribution in [0.25, 0.3) is 16.6 Å². The van der Waals surface area contributed by atoms with Crippen LogP contribution in [0.1, 0.15) is 26.5 Å². The Hall–Kier alpha value is -3.23. The van der Waals surface area contributed by atoms with E-state index in [1.807, 2.05) is 24.3 Å². The molecule has 0 N–H and O–H groups in total. The topological polar surface area (TPSA) is 56.6 Å². The van der Waals surface area contributed by atoms with Gasteiger partial charge in [-0.1, -0.05) is 18.2 Å². The number of nitrogens with zero attached hydrogens (tertiary/aromatic N) is 3. The average Bonchev–Trinajstić information content (AvgIpc) is 2.98. The van der Waals surface area contributed by atoms with E-state index in [9.17, 15) is 18.0 Å². The van der Waals surface area contributed by atoms with Crippen LogP contribution in [0.3, 0.4) is 0 Å². The summed E-state index contributed by atoms with van der Waals surface area (Å²) >= 11 is 0. The SMILES string of the molecule is CN(Cc1nn(-c2ccc(OC(F)(F)F)cc2)c2ccccc12)C(=O)OC(C)(C)C. The summed E-state index contributed by atoms with van der Waals surface area (Å²) in [6.07, 6.45) is -5.23. The quantitative estimate of drug-likeness (QED) is 0.574. The molecule has 9 heteroatoms. The van der Waals surface area contributed by atoms with Crippen molar-refractivity contribution in [2.24, 2.45) is 0 Å². The van der Waals surface area contributed by atoms with Crippen molar-refractivity contribution < 1.29 is 27.4 Å². The van der Waals surface area contributed by atoms with Crippen LogP contribution in [0.15, 0.2) is 48.5 Å². The minimum absolute atomic E-state index is 0.206. The van der Waals surface area contributed by atoms with E-state index in [0.29, 0.717) is 11.4 Å². The molecule has 2 aromatic carbocycles. The summed E-state index contributed by atoms with van der Waals surface area (Å²) in [7, 11) is 1.62. The number of benzene rings is 2. The average molecular weight is 421 g/mol. The monoisotopic (exact) mass is 421 g/mol. The molecule has 0 aliphatic rings. The number of carbonyl (C=O) groups is 1.